The van der Waals surface area contributed by atoms with E-state index in [1.807, 2.05) is 14.1 Å². The second-order valence-corrected chi connectivity index (χ2v) is 4.73. The van der Waals surface area contributed by atoms with Crippen LogP contribution in [0.4, 0.5) is 18.9 Å². The molecule has 0 radical (unpaired) electrons. The Hall–Kier alpha value is -1.27. The van der Waals surface area contributed by atoms with Crippen LogP contribution in [0.25, 0.3) is 0 Å². The Morgan fingerprint density at radius 2 is 2.05 bits per heavy atom. The van der Waals surface area contributed by atoms with Crippen molar-refractivity contribution in [3.8, 4) is 0 Å². The molecule has 1 fully saturated rings. The maximum Gasteiger partial charge on any atom is 0.416 e. The molecule has 0 amide bonds. The number of hydrogen-bond donors (Lipinski definition) is 1. The summed E-state index contributed by atoms with van der Waals surface area (Å²) in [7, 11) is 3.62. The normalized spacial score (nSPS) is 20.4. The minimum Gasteiger partial charge on any atom is -0.377 e. The molecule has 0 spiro atoms. The lowest BCUT2D eigenvalue weighted by Crippen LogP contribution is -2.34. The first-order valence-corrected chi connectivity index (χ1v) is 6.10. The average molecular weight is 274 g/mol. The quantitative estimate of drug-likeness (QED) is 0.896. The number of nitrogens with zero attached hydrogens (tertiary/aromatic N) is 1. The van der Waals surface area contributed by atoms with Crippen LogP contribution in [0.15, 0.2) is 18.2 Å². The maximum absolute atomic E-state index is 12.8. The molecule has 1 atom stereocenters. The molecular weight excluding hydrogens is 257 g/mol. The van der Waals surface area contributed by atoms with Crippen molar-refractivity contribution in [1.29, 1.82) is 0 Å². The lowest BCUT2D eigenvalue weighted by atomic mass is 10.0. The van der Waals surface area contributed by atoms with Gasteiger partial charge in [0.25, 0.3) is 0 Å². The van der Waals surface area contributed by atoms with E-state index in [0.29, 0.717) is 18.7 Å². The topological polar surface area (TPSA) is 24.5 Å². The molecule has 0 aromatic heterocycles. The maximum atomic E-state index is 12.8. The zero-order valence-corrected chi connectivity index (χ0v) is 10.9. The van der Waals surface area contributed by atoms with Crippen molar-refractivity contribution < 1.29 is 17.9 Å². The summed E-state index contributed by atoms with van der Waals surface area (Å²) < 4.78 is 44.0. The summed E-state index contributed by atoms with van der Waals surface area (Å²) in [4.78, 5) is 1.80. The fourth-order valence-corrected chi connectivity index (χ4v) is 2.16. The standard InChI is InChI=1S/C13H17F3N2O/c1-18(2)11-4-3-9(13(14,15)16)7-10(11)12-8-17-5-6-19-12/h3-4,7,12,17H,5-6,8H2,1-2H3. The molecule has 106 valence electrons. The van der Waals surface area contributed by atoms with Gasteiger partial charge in [-0.2, -0.15) is 13.2 Å². The molecule has 1 saturated heterocycles. The Kier molecular flexibility index (Phi) is 4.01. The number of ether oxygens (including phenoxy) is 1. The van der Waals surface area contributed by atoms with Crippen LogP contribution in [0.3, 0.4) is 0 Å². The van der Waals surface area contributed by atoms with Gasteiger partial charge in [0.2, 0.25) is 0 Å². The van der Waals surface area contributed by atoms with Crippen LogP contribution >= 0.6 is 0 Å². The van der Waals surface area contributed by atoms with Gasteiger partial charge in [0.1, 0.15) is 0 Å². The van der Waals surface area contributed by atoms with Gasteiger partial charge in [-0.05, 0) is 18.2 Å². The number of alkyl halides is 3. The number of halogens is 3. The van der Waals surface area contributed by atoms with Gasteiger partial charge in [-0.25, -0.2) is 0 Å². The summed E-state index contributed by atoms with van der Waals surface area (Å²) in [5, 5.41) is 3.13. The van der Waals surface area contributed by atoms with Crippen LogP contribution in [0.1, 0.15) is 17.2 Å². The molecule has 6 heteroatoms. The van der Waals surface area contributed by atoms with Crippen molar-refractivity contribution in [3.63, 3.8) is 0 Å². The van der Waals surface area contributed by atoms with Crippen molar-refractivity contribution in [2.24, 2.45) is 0 Å². The fourth-order valence-electron chi connectivity index (χ4n) is 2.16. The highest BCUT2D eigenvalue weighted by Gasteiger charge is 2.32. The number of anilines is 1. The summed E-state index contributed by atoms with van der Waals surface area (Å²) in [6.07, 6.45) is -4.67. The van der Waals surface area contributed by atoms with Gasteiger partial charge in [0.05, 0.1) is 18.3 Å². The highest BCUT2D eigenvalue weighted by atomic mass is 19.4. The molecule has 0 bridgehead atoms. The molecule has 1 heterocycles. The summed E-state index contributed by atoms with van der Waals surface area (Å²) in [6.45, 7) is 1.77. The van der Waals surface area contributed by atoms with Crippen LogP contribution in [-0.4, -0.2) is 33.8 Å². The predicted octanol–water partition coefficient (Wildman–Crippen LogP) is 2.43. The van der Waals surface area contributed by atoms with E-state index in [9.17, 15) is 13.2 Å². The van der Waals surface area contributed by atoms with Crippen molar-refractivity contribution >= 4 is 5.69 Å². The van der Waals surface area contributed by atoms with E-state index < -0.39 is 11.7 Å². The first-order valence-electron chi connectivity index (χ1n) is 6.10. The average Bonchev–Trinajstić information content (AvgIpc) is 2.38. The molecule has 1 aromatic carbocycles. The molecule has 1 unspecified atom stereocenters. The monoisotopic (exact) mass is 274 g/mol. The molecule has 1 aromatic rings. The minimum atomic E-state index is -4.33. The third-order valence-corrected chi connectivity index (χ3v) is 3.11. The first-order chi connectivity index (χ1) is 8.89. The Labute approximate surface area is 110 Å². The zero-order valence-electron chi connectivity index (χ0n) is 10.9. The second kappa shape index (κ2) is 5.38. The van der Waals surface area contributed by atoms with Gasteiger partial charge in [-0.1, -0.05) is 0 Å². The Morgan fingerprint density at radius 1 is 1.32 bits per heavy atom. The smallest absolute Gasteiger partial charge is 0.377 e. The molecular formula is C13H17F3N2O. The third-order valence-electron chi connectivity index (χ3n) is 3.11. The molecule has 1 aliphatic heterocycles. The molecule has 1 aliphatic rings. The Morgan fingerprint density at radius 3 is 2.58 bits per heavy atom. The van der Waals surface area contributed by atoms with Gasteiger partial charge in [-0.3, -0.25) is 0 Å². The zero-order chi connectivity index (χ0) is 14.0. The second-order valence-electron chi connectivity index (χ2n) is 4.73. The van der Waals surface area contributed by atoms with Crippen molar-refractivity contribution in [2.45, 2.75) is 12.3 Å². The first kappa shape index (κ1) is 14.1. The van der Waals surface area contributed by atoms with E-state index in [1.165, 1.54) is 12.1 Å². The highest BCUT2D eigenvalue weighted by molar-refractivity contribution is 5.55. The number of benzene rings is 1. The van der Waals surface area contributed by atoms with E-state index in [1.54, 1.807) is 4.90 Å². The van der Waals surface area contributed by atoms with E-state index in [4.69, 9.17) is 4.74 Å². The Balaban J connectivity index is 2.41. The number of nitrogens with one attached hydrogen (secondary N) is 1. The van der Waals surface area contributed by atoms with Gasteiger partial charge in [0.15, 0.2) is 0 Å². The van der Waals surface area contributed by atoms with Crippen molar-refractivity contribution in [3.05, 3.63) is 29.3 Å². The summed E-state index contributed by atoms with van der Waals surface area (Å²) in [5.41, 5.74) is 0.691. The van der Waals surface area contributed by atoms with Gasteiger partial charge >= 0.3 is 6.18 Å². The summed E-state index contributed by atoms with van der Waals surface area (Å²) >= 11 is 0. The van der Waals surface area contributed by atoms with E-state index in [0.717, 1.165) is 18.3 Å². The lowest BCUT2D eigenvalue weighted by molar-refractivity contribution is -0.137. The predicted molar refractivity (Wildman–Crippen MR) is 67.3 cm³/mol. The largest absolute Gasteiger partial charge is 0.416 e. The summed E-state index contributed by atoms with van der Waals surface area (Å²) in [6, 6.07) is 3.79. The SMILES string of the molecule is CN(C)c1ccc(C(F)(F)F)cc1C1CNCCO1. The van der Waals surface area contributed by atoms with E-state index in [2.05, 4.69) is 5.32 Å². The number of morpholine rings is 1. The Bertz CT molecular complexity index is 440. The number of hydrogen-bond acceptors (Lipinski definition) is 3. The highest BCUT2D eigenvalue weighted by Crippen LogP contribution is 2.35. The fraction of sp³-hybridized carbons (Fsp3) is 0.538. The third kappa shape index (κ3) is 3.19. The molecule has 0 aliphatic carbocycles. The summed E-state index contributed by atoms with van der Waals surface area (Å²) in [5.74, 6) is 0. The minimum absolute atomic E-state index is 0.339. The number of rotatable bonds is 2. The van der Waals surface area contributed by atoms with Crippen molar-refractivity contribution in [1.82, 2.24) is 5.32 Å². The van der Waals surface area contributed by atoms with E-state index >= 15 is 0 Å². The van der Waals surface area contributed by atoms with Gasteiger partial charge in [0, 0.05) is 38.4 Å². The lowest BCUT2D eigenvalue weighted by Gasteiger charge is -2.28. The molecule has 1 N–H and O–H groups in total. The van der Waals surface area contributed by atoms with Crippen LogP contribution in [0.5, 0.6) is 0 Å². The molecule has 2 rings (SSSR count). The van der Waals surface area contributed by atoms with Gasteiger partial charge in [-0.15, -0.1) is 0 Å². The van der Waals surface area contributed by atoms with Gasteiger partial charge < -0.3 is 15.0 Å². The van der Waals surface area contributed by atoms with Crippen LogP contribution in [-0.2, 0) is 10.9 Å². The van der Waals surface area contributed by atoms with Crippen LogP contribution in [0, 0.1) is 0 Å². The van der Waals surface area contributed by atoms with Crippen LogP contribution < -0.4 is 10.2 Å². The molecule has 3 nitrogen and oxygen atoms in total. The molecule has 19 heavy (non-hydrogen) atoms. The van der Waals surface area contributed by atoms with E-state index in [-0.39, 0.29) is 6.10 Å². The molecule has 0 saturated carbocycles. The van der Waals surface area contributed by atoms with Crippen molar-refractivity contribution in [2.75, 3.05) is 38.7 Å². The van der Waals surface area contributed by atoms with Crippen LogP contribution in [0.2, 0.25) is 0 Å².